The monoisotopic (exact) mass is 378 g/mol. The summed E-state index contributed by atoms with van der Waals surface area (Å²) in [5.41, 5.74) is 0. The fourth-order valence-corrected chi connectivity index (χ4v) is 4.88. The molecule has 2 heterocycles. The molecule has 2 fully saturated rings. The van der Waals surface area contributed by atoms with Gasteiger partial charge in [-0.25, -0.2) is 0 Å². The van der Waals surface area contributed by atoms with Gasteiger partial charge in [0.2, 0.25) is 11.0 Å². The fraction of sp³-hybridized carbons (Fsp3) is 0.688. The first kappa shape index (κ1) is 17.0. The van der Waals surface area contributed by atoms with Gasteiger partial charge < -0.3 is 4.57 Å². The molecule has 1 N–H and O–H groups in total. The zero-order chi connectivity index (χ0) is 17.2. The summed E-state index contributed by atoms with van der Waals surface area (Å²) in [5, 5.41) is 22.1. The molecule has 9 heteroatoms. The molecular formula is C16H22N6OS2. The van der Waals surface area contributed by atoms with Crippen LogP contribution in [0, 0.1) is 0 Å². The minimum Gasteiger partial charge on any atom is -0.309 e. The standard InChI is InChI=1S/C16H22N6OS2/c1-22-13(10-7-8-10)18-21-16(22)24-9-12(23)17-15-20-19-14(25-15)11-5-3-2-4-6-11/h10-11H,2-9H2,1H3,(H,17,20,23). The van der Waals surface area contributed by atoms with Gasteiger partial charge >= 0.3 is 0 Å². The Morgan fingerprint density at radius 2 is 1.92 bits per heavy atom. The van der Waals surface area contributed by atoms with Gasteiger partial charge in [-0.3, -0.25) is 10.1 Å². The molecule has 2 aromatic heterocycles. The second kappa shape index (κ2) is 7.41. The molecular weight excluding hydrogens is 356 g/mol. The van der Waals surface area contributed by atoms with Crippen LogP contribution in [0.25, 0.3) is 0 Å². The number of carbonyl (C=O) groups excluding carboxylic acids is 1. The lowest BCUT2D eigenvalue weighted by molar-refractivity contribution is -0.113. The van der Waals surface area contributed by atoms with Crippen molar-refractivity contribution in [1.29, 1.82) is 0 Å². The predicted octanol–water partition coefficient (Wildman–Crippen LogP) is 3.32. The lowest BCUT2D eigenvalue weighted by Crippen LogP contribution is -2.14. The van der Waals surface area contributed by atoms with Crippen molar-refractivity contribution in [3.05, 3.63) is 10.8 Å². The number of aromatic nitrogens is 5. The van der Waals surface area contributed by atoms with E-state index in [1.54, 1.807) is 0 Å². The van der Waals surface area contributed by atoms with Gasteiger partial charge in [-0.2, -0.15) is 0 Å². The molecule has 0 aliphatic heterocycles. The minimum absolute atomic E-state index is 0.0766. The summed E-state index contributed by atoms with van der Waals surface area (Å²) < 4.78 is 2.00. The molecule has 2 aromatic rings. The van der Waals surface area contributed by atoms with Crippen molar-refractivity contribution in [1.82, 2.24) is 25.0 Å². The number of carbonyl (C=O) groups is 1. The lowest BCUT2D eigenvalue weighted by atomic mass is 9.90. The molecule has 0 saturated heterocycles. The van der Waals surface area contributed by atoms with Gasteiger partial charge in [-0.1, -0.05) is 42.4 Å². The van der Waals surface area contributed by atoms with E-state index in [0.717, 1.165) is 16.0 Å². The molecule has 25 heavy (non-hydrogen) atoms. The highest BCUT2D eigenvalue weighted by molar-refractivity contribution is 7.99. The van der Waals surface area contributed by atoms with Crippen LogP contribution in [0.1, 0.15) is 67.6 Å². The number of nitrogens with zero attached hydrogens (tertiary/aromatic N) is 5. The van der Waals surface area contributed by atoms with Crippen LogP contribution in [-0.4, -0.2) is 36.6 Å². The van der Waals surface area contributed by atoms with E-state index in [1.807, 2.05) is 11.6 Å². The molecule has 4 rings (SSSR count). The van der Waals surface area contributed by atoms with Crippen LogP contribution in [-0.2, 0) is 11.8 Å². The Morgan fingerprint density at radius 3 is 2.68 bits per heavy atom. The minimum atomic E-state index is -0.0766. The van der Waals surface area contributed by atoms with Crippen LogP contribution in [0.15, 0.2) is 5.16 Å². The highest BCUT2D eigenvalue weighted by atomic mass is 32.2. The van der Waals surface area contributed by atoms with Crippen molar-refractivity contribution in [3.8, 4) is 0 Å². The predicted molar refractivity (Wildman–Crippen MR) is 98.1 cm³/mol. The zero-order valence-electron chi connectivity index (χ0n) is 14.3. The van der Waals surface area contributed by atoms with Crippen LogP contribution >= 0.6 is 23.1 Å². The Labute approximate surface area is 155 Å². The summed E-state index contributed by atoms with van der Waals surface area (Å²) in [4.78, 5) is 12.2. The van der Waals surface area contributed by atoms with Crippen LogP contribution in [0.3, 0.4) is 0 Å². The van der Waals surface area contributed by atoms with Crippen molar-refractivity contribution in [3.63, 3.8) is 0 Å². The Bertz CT molecular complexity index is 748. The molecule has 1 amide bonds. The SMILES string of the molecule is Cn1c(SCC(=O)Nc2nnc(C3CCCCC3)s2)nnc1C1CC1. The maximum absolute atomic E-state index is 12.2. The number of hydrogen-bond acceptors (Lipinski definition) is 7. The first-order valence-electron chi connectivity index (χ1n) is 8.86. The average molecular weight is 379 g/mol. The topological polar surface area (TPSA) is 85.6 Å². The van der Waals surface area contributed by atoms with Crippen molar-refractivity contribution in [2.24, 2.45) is 7.05 Å². The Hall–Kier alpha value is -1.48. The summed E-state index contributed by atoms with van der Waals surface area (Å²) in [5.74, 6) is 2.33. The van der Waals surface area contributed by atoms with E-state index in [9.17, 15) is 4.79 Å². The van der Waals surface area contributed by atoms with Gasteiger partial charge in [0.1, 0.15) is 10.8 Å². The molecule has 2 aliphatic carbocycles. The highest BCUT2D eigenvalue weighted by Gasteiger charge is 2.29. The summed E-state index contributed by atoms with van der Waals surface area (Å²) in [7, 11) is 1.97. The molecule has 7 nitrogen and oxygen atoms in total. The fourth-order valence-electron chi connectivity index (χ4n) is 3.23. The van der Waals surface area contributed by atoms with Crippen molar-refractivity contribution < 1.29 is 4.79 Å². The van der Waals surface area contributed by atoms with Gasteiger partial charge in [0.05, 0.1) is 5.75 Å². The summed E-state index contributed by atoms with van der Waals surface area (Å²) in [6, 6.07) is 0. The van der Waals surface area contributed by atoms with E-state index in [-0.39, 0.29) is 5.91 Å². The first-order valence-corrected chi connectivity index (χ1v) is 10.7. The third-order valence-electron chi connectivity index (χ3n) is 4.78. The molecule has 2 aliphatic rings. The smallest absolute Gasteiger partial charge is 0.236 e. The third kappa shape index (κ3) is 4.03. The van der Waals surface area contributed by atoms with Gasteiger partial charge in [0.15, 0.2) is 5.16 Å². The number of rotatable bonds is 6. The van der Waals surface area contributed by atoms with Crippen molar-refractivity contribution in [2.45, 2.75) is 61.9 Å². The lowest BCUT2D eigenvalue weighted by Gasteiger charge is -2.18. The molecule has 134 valence electrons. The number of thioether (sulfide) groups is 1. The second-order valence-corrected chi connectivity index (χ2v) is 8.74. The van der Waals surface area contributed by atoms with Crippen LogP contribution in [0.5, 0.6) is 0 Å². The van der Waals surface area contributed by atoms with Crippen molar-refractivity contribution >= 4 is 34.1 Å². The van der Waals surface area contributed by atoms with Gasteiger partial charge in [0, 0.05) is 18.9 Å². The highest BCUT2D eigenvalue weighted by Crippen LogP contribution is 2.39. The quantitative estimate of drug-likeness (QED) is 0.776. The van der Waals surface area contributed by atoms with Gasteiger partial charge in [-0.05, 0) is 25.7 Å². The van der Waals surface area contributed by atoms with E-state index in [4.69, 9.17) is 0 Å². The third-order valence-corrected chi connectivity index (χ3v) is 6.81. The maximum Gasteiger partial charge on any atom is 0.236 e. The first-order chi connectivity index (χ1) is 12.2. The molecule has 0 atom stereocenters. The number of hydrogen-bond donors (Lipinski definition) is 1. The van der Waals surface area contributed by atoms with Gasteiger partial charge in [-0.15, -0.1) is 20.4 Å². The Kier molecular flexibility index (Phi) is 5.03. The maximum atomic E-state index is 12.2. The van der Waals surface area contributed by atoms with Gasteiger partial charge in [0.25, 0.3) is 0 Å². The largest absolute Gasteiger partial charge is 0.309 e. The number of anilines is 1. The van der Waals surface area contributed by atoms with E-state index in [0.29, 0.717) is 22.7 Å². The number of nitrogens with one attached hydrogen (secondary N) is 1. The van der Waals surface area contributed by atoms with Crippen molar-refractivity contribution in [2.75, 3.05) is 11.1 Å². The molecule has 0 unspecified atom stereocenters. The summed E-state index contributed by atoms with van der Waals surface area (Å²) in [6.07, 6.45) is 8.61. The second-order valence-electron chi connectivity index (χ2n) is 6.79. The molecule has 0 aromatic carbocycles. The molecule has 2 saturated carbocycles. The van der Waals surface area contributed by atoms with E-state index < -0.39 is 0 Å². The van der Waals surface area contributed by atoms with E-state index in [2.05, 4.69) is 25.7 Å². The molecule has 0 bridgehead atoms. The van der Waals surface area contributed by atoms with E-state index in [1.165, 1.54) is 68.0 Å². The summed E-state index contributed by atoms with van der Waals surface area (Å²) in [6.45, 7) is 0. The van der Waals surface area contributed by atoms with Crippen LogP contribution in [0.2, 0.25) is 0 Å². The van der Waals surface area contributed by atoms with Crippen LogP contribution < -0.4 is 5.32 Å². The molecule has 0 radical (unpaired) electrons. The zero-order valence-corrected chi connectivity index (χ0v) is 15.9. The van der Waals surface area contributed by atoms with Crippen LogP contribution in [0.4, 0.5) is 5.13 Å². The number of amides is 1. The summed E-state index contributed by atoms with van der Waals surface area (Å²) >= 11 is 2.92. The molecule has 0 spiro atoms. The Balaban J connectivity index is 1.29. The average Bonchev–Trinajstić information content (AvgIpc) is 3.25. The van der Waals surface area contributed by atoms with E-state index >= 15 is 0 Å². The normalized spacial score (nSPS) is 18.4. The Morgan fingerprint density at radius 1 is 1.12 bits per heavy atom.